The molecule has 0 radical (unpaired) electrons. The van der Waals surface area contributed by atoms with Crippen LogP contribution in [-0.2, 0) is 11.3 Å². The summed E-state index contributed by atoms with van der Waals surface area (Å²) in [6.07, 6.45) is 2.44. The highest BCUT2D eigenvalue weighted by Gasteiger charge is 2.21. The molecule has 21 heavy (non-hydrogen) atoms. The summed E-state index contributed by atoms with van der Waals surface area (Å²) in [6, 6.07) is 7.37. The molecule has 0 spiro atoms. The number of carbonyl (C=O) groups excluding carboxylic acids is 2. The van der Waals surface area contributed by atoms with Gasteiger partial charge in [0.1, 0.15) is 0 Å². The molecular weight excluding hydrogens is 266 g/mol. The van der Waals surface area contributed by atoms with Crippen LogP contribution in [0, 0.1) is 11.8 Å². The first-order valence-corrected chi connectivity index (χ1v) is 7.46. The van der Waals surface area contributed by atoms with E-state index in [0.717, 1.165) is 17.8 Å². The predicted octanol–water partition coefficient (Wildman–Crippen LogP) is 2.49. The highest BCUT2D eigenvalue weighted by molar-refractivity contribution is 5.92. The van der Waals surface area contributed by atoms with Crippen molar-refractivity contribution in [2.24, 2.45) is 11.8 Å². The van der Waals surface area contributed by atoms with Gasteiger partial charge in [0.2, 0.25) is 5.91 Å². The summed E-state index contributed by atoms with van der Waals surface area (Å²) in [5.41, 5.74) is 1.71. The molecule has 0 atom stereocenters. The minimum absolute atomic E-state index is 0.0118. The van der Waals surface area contributed by atoms with E-state index in [4.69, 9.17) is 0 Å². The van der Waals surface area contributed by atoms with Gasteiger partial charge in [0, 0.05) is 24.7 Å². The third-order valence-corrected chi connectivity index (χ3v) is 3.42. The minimum atomic E-state index is -0.140. The Labute approximate surface area is 125 Å². The van der Waals surface area contributed by atoms with Gasteiger partial charge >= 0.3 is 6.03 Å². The number of nitrogens with one attached hydrogen (secondary N) is 3. The van der Waals surface area contributed by atoms with Crippen molar-refractivity contribution in [2.45, 2.75) is 33.2 Å². The Morgan fingerprint density at radius 2 is 2.00 bits per heavy atom. The van der Waals surface area contributed by atoms with Gasteiger partial charge < -0.3 is 16.0 Å². The Balaban J connectivity index is 1.79. The van der Waals surface area contributed by atoms with E-state index < -0.39 is 0 Å². The predicted molar refractivity (Wildman–Crippen MR) is 82.9 cm³/mol. The van der Waals surface area contributed by atoms with Gasteiger partial charge in [-0.3, -0.25) is 4.79 Å². The average Bonchev–Trinajstić information content (AvgIpc) is 3.27. The molecule has 5 heteroatoms. The molecule has 1 saturated carbocycles. The van der Waals surface area contributed by atoms with Crippen molar-refractivity contribution < 1.29 is 9.59 Å². The molecule has 0 unspecified atom stereocenters. The summed E-state index contributed by atoms with van der Waals surface area (Å²) in [5.74, 6) is 0.604. The van der Waals surface area contributed by atoms with Crippen LogP contribution in [0.15, 0.2) is 24.3 Å². The molecule has 3 N–H and O–H groups in total. The standard InChI is InChI=1S/C16H23N3O2/c1-11(2)15(20)19-14-5-3-4-13(8-14)10-18-16(21)17-9-12-6-7-12/h3-5,8,11-12H,6-7,9-10H2,1-2H3,(H,19,20)(H2,17,18,21). The van der Waals surface area contributed by atoms with Gasteiger partial charge in [0.15, 0.2) is 0 Å². The van der Waals surface area contributed by atoms with E-state index in [1.54, 1.807) is 0 Å². The quantitative estimate of drug-likeness (QED) is 0.753. The van der Waals surface area contributed by atoms with Crippen molar-refractivity contribution in [1.29, 1.82) is 0 Å². The second kappa shape index (κ2) is 7.11. The zero-order valence-electron chi connectivity index (χ0n) is 12.6. The summed E-state index contributed by atoms with van der Waals surface area (Å²) >= 11 is 0. The molecule has 0 aliphatic heterocycles. The average molecular weight is 289 g/mol. The lowest BCUT2D eigenvalue weighted by atomic mass is 10.1. The van der Waals surface area contributed by atoms with Crippen LogP contribution < -0.4 is 16.0 Å². The number of carbonyl (C=O) groups is 2. The first-order valence-electron chi connectivity index (χ1n) is 7.46. The maximum Gasteiger partial charge on any atom is 0.315 e. The highest BCUT2D eigenvalue weighted by atomic mass is 16.2. The van der Waals surface area contributed by atoms with Crippen LogP contribution >= 0.6 is 0 Å². The molecule has 0 heterocycles. The fourth-order valence-electron chi connectivity index (χ4n) is 1.85. The van der Waals surface area contributed by atoms with Gasteiger partial charge in [-0.15, -0.1) is 0 Å². The van der Waals surface area contributed by atoms with Crippen molar-refractivity contribution in [3.8, 4) is 0 Å². The van der Waals surface area contributed by atoms with Crippen LogP contribution in [0.3, 0.4) is 0 Å². The third kappa shape index (κ3) is 5.45. The number of amides is 3. The van der Waals surface area contributed by atoms with E-state index in [2.05, 4.69) is 16.0 Å². The summed E-state index contributed by atoms with van der Waals surface area (Å²) in [5, 5.41) is 8.53. The number of hydrogen-bond acceptors (Lipinski definition) is 2. The number of anilines is 1. The Morgan fingerprint density at radius 1 is 1.24 bits per heavy atom. The fourth-order valence-corrected chi connectivity index (χ4v) is 1.85. The van der Waals surface area contributed by atoms with Crippen LogP contribution in [0.4, 0.5) is 10.5 Å². The summed E-state index contributed by atoms with van der Waals surface area (Å²) < 4.78 is 0. The number of rotatable bonds is 6. The molecule has 0 aromatic heterocycles. The molecule has 2 rings (SSSR count). The molecule has 1 aromatic rings. The molecule has 5 nitrogen and oxygen atoms in total. The van der Waals surface area contributed by atoms with Gasteiger partial charge in [-0.05, 0) is 36.5 Å². The number of hydrogen-bond donors (Lipinski definition) is 3. The van der Waals surface area contributed by atoms with E-state index in [1.165, 1.54) is 12.8 Å². The summed E-state index contributed by atoms with van der Waals surface area (Å²) in [4.78, 5) is 23.3. The Morgan fingerprint density at radius 3 is 2.67 bits per heavy atom. The lowest BCUT2D eigenvalue weighted by molar-refractivity contribution is -0.118. The van der Waals surface area contributed by atoms with Crippen LogP contribution in [0.25, 0.3) is 0 Å². The van der Waals surface area contributed by atoms with E-state index in [0.29, 0.717) is 12.5 Å². The Kier molecular flexibility index (Phi) is 5.20. The van der Waals surface area contributed by atoms with E-state index in [1.807, 2.05) is 38.1 Å². The lowest BCUT2D eigenvalue weighted by Gasteiger charge is -2.10. The summed E-state index contributed by atoms with van der Waals surface area (Å²) in [7, 11) is 0. The molecule has 0 saturated heterocycles. The zero-order valence-corrected chi connectivity index (χ0v) is 12.6. The Hall–Kier alpha value is -2.04. The molecule has 0 bridgehead atoms. The molecule has 1 fully saturated rings. The minimum Gasteiger partial charge on any atom is -0.338 e. The van der Waals surface area contributed by atoms with Crippen LogP contribution in [0.2, 0.25) is 0 Å². The number of benzene rings is 1. The monoisotopic (exact) mass is 289 g/mol. The van der Waals surface area contributed by atoms with E-state index in [-0.39, 0.29) is 17.9 Å². The van der Waals surface area contributed by atoms with Gasteiger partial charge in [-0.1, -0.05) is 26.0 Å². The van der Waals surface area contributed by atoms with Gasteiger partial charge in [0.05, 0.1) is 0 Å². The van der Waals surface area contributed by atoms with E-state index in [9.17, 15) is 9.59 Å². The Bertz CT molecular complexity index is 510. The van der Waals surface area contributed by atoms with Gasteiger partial charge in [-0.25, -0.2) is 4.79 Å². The first kappa shape index (κ1) is 15.4. The van der Waals surface area contributed by atoms with Crippen molar-refractivity contribution in [2.75, 3.05) is 11.9 Å². The zero-order chi connectivity index (χ0) is 15.2. The molecule has 1 aliphatic carbocycles. The van der Waals surface area contributed by atoms with Crippen LogP contribution in [-0.4, -0.2) is 18.5 Å². The van der Waals surface area contributed by atoms with Gasteiger partial charge in [0.25, 0.3) is 0 Å². The largest absolute Gasteiger partial charge is 0.338 e. The first-order chi connectivity index (χ1) is 10.0. The second-order valence-electron chi connectivity index (χ2n) is 5.85. The van der Waals surface area contributed by atoms with Gasteiger partial charge in [-0.2, -0.15) is 0 Å². The smallest absolute Gasteiger partial charge is 0.315 e. The molecule has 1 aliphatic rings. The van der Waals surface area contributed by atoms with Crippen LogP contribution in [0.1, 0.15) is 32.3 Å². The molecule has 3 amide bonds. The topological polar surface area (TPSA) is 70.2 Å². The summed E-state index contributed by atoms with van der Waals surface area (Å²) in [6.45, 7) is 4.91. The van der Waals surface area contributed by atoms with Crippen molar-refractivity contribution in [3.63, 3.8) is 0 Å². The molecule has 114 valence electrons. The van der Waals surface area contributed by atoms with Crippen molar-refractivity contribution in [1.82, 2.24) is 10.6 Å². The lowest BCUT2D eigenvalue weighted by Crippen LogP contribution is -2.36. The third-order valence-electron chi connectivity index (χ3n) is 3.42. The second-order valence-corrected chi connectivity index (χ2v) is 5.85. The van der Waals surface area contributed by atoms with Crippen molar-refractivity contribution in [3.05, 3.63) is 29.8 Å². The number of urea groups is 1. The normalized spacial score (nSPS) is 13.9. The SMILES string of the molecule is CC(C)C(=O)Nc1cccc(CNC(=O)NCC2CC2)c1. The highest BCUT2D eigenvalue weighted by Crippen LogP contribution is 2.27. The maximum absolute atomic E-state index is 11.7. The van der Waals surface area contributed by atoms with Crippen LogP contribution in [0.5, 0.6) is 0 Å². The molecular formula is C16H23N3O2. The van der Waals surface area contributed by atoms with E-state index >= 15 is 0 Å². The molecule has 1 aromatic carbocycles. The maximum atomic E-state index is 11.7. The fraction of sp³-hybridized carbons (Fsp3) is 0.500. The van der Waals surface area contributed by atoms with Crippen molar-refractivity contribution >= 4 is 17.6 Å².